The van der Waals surface area contributed by atoms with Crippen molar-refractivity contribution >= 4 is 28.6 Å². The van der Waals surface area contributed by atoms with Gasteiger partial charge in [0.15, 0.2) is 0 Å². The molecule has 1 fully saturated rings. The Morgan fingerprint density at radius 1 is 1.07 bits per heavy atom. The van der Waals surface area contributed by atoms with Crippen molar-refractivity contribution in [2.75, 3.05) is 13.1 Å². The van der Waals surface area contributed by atoms with Gasteiger partial charge in [-0.25, -0.2) is 0 Å². The van der Waals surface area contributed by atoms with E-state index in [1.54, 1.807) is 11.3 Å². The van der Waals surface area contributed by atoms with Crippen LogP contribution in [-0.2, 0) is 11.2 Å². The Kier molecular flexibility index (Phi) is 5.05. The van der Waals surface area contributed by atoms with Crippen molar-refractivity contribution < 1.29 is 4.79 Å². The van der Waals surface area contributed by atoms with E-state index in [0.717, 1.165) is 24.4 Å². The third kappa shape index (κ3) is 3.66. The molecule has 5 heteroatoms. The van der Waals surface area contributed by atoms with Gasteiger partial charge in [0.2, 0.25) is 5.91 Å². The second kappa shape index (κ2) is 7.82. The highest BCUT2D eigenvalue weighted by molar-refractivity contribution is 7.10. The summed E-state index contributed by atoms with van der Waals surface area (Å²) in [5.74, 6) is 0.843. The third-order valence-electron chi connectivity index (χ3n) is 5.80. The molecule has 1 aliphatic heterocycles. The zero-order chi connectivity index (χ0) is 18.9. The quantitative estimate of drug-likeness (QED) is 0.621. The maximum atomic E-state index is 13.1. The fraction of sp³-hybridized carbons (Fsp3) is 0.348. The zero-order valence-electron chi connectivity index (χ0n) is 15.7. The molecule has 2 atom stereocenters. The molecular formula is C23H24N2OS2. The van der Waals surface area contributed by atoms with E-state index in [1.807, 2.05) is 35.6 Å². The first-order valence-electron chi connectivity index (χ1n) is 9.97. The van der Waals surface area contributed by atoms with Gasteiger partial charge in [-0.2, -0.15) is 0 Å². The number of benzene rings is 1. The van der Waals surface area contributed by atoms with Gasteiger partial charge < -0.3 is 5.32 Å². The molecular weight excluding hydrogens is 384 g/mol. The van der Waals surface area contributed by atoms with Crippen LogP contribution in [-0.4, -0.2) is 23.9 Å². The van der Waals surface area contributed by atoms with Crippen LogP contribution in [0.15, 0.2) is 59.3 Å². The van der Waals surface area contributed by atoms with Gasteiger partial charge in [0, 0.05) is 22.3 Å². The van der Waals surface area contributed by atoms with Crippen molar-refractivity contribution in [2.24, 2.45) is 5.92 Å². The Balaban J connectivity index is 1.33. The van der Waals surface area contributed by atoms with Gasteiger partial charge in [0.25, 0.3) is 0 Å². The summed E-state index contributed by atoms with van der Waals surface area (Å²) in [4.78, 5) is 18.2. The smallest absolute Gasteiger partial charge is 0.234 e. The third-order valence-corrected chi connectivity index (χ3v) is 7.73. The SMILES string of the molecule is O=C(CN1CCc2sccc2[C@@H]1C1CC1)N[C@@H](c1ccccc1)c1cccs1. The Hall–Kier alpha value is -1.95. The van der Waals surface area contributed by atoms with E-state index < -0.39 is 0 Å². The summed E-state index contributed by atoms with van der Waals surface area (Å²) < 4.78 is 0. The lowest BCUT2D eigenvalue weighted by Crippen LogP contribution is -2.44. The number of nitrogens with one attached hydrogen (secondary N) is 1. The average molecular weight is 409 g/mol. The summed E-state index contributed by atoms with van der Waals surface area (Å²) in [5.41, 5.74) is 2.61. The molecule has 3 nitrogen and oxygen atoms in total. The van der Waals surface area contributed by atoms with Crippen LogP contribution in [0.5, 0.6) is 0 Å². The summed E-state index contributed by atoms with van der Waals surface area (Å²) in [5, 5.41) is 7.60. The molecule has 1 N–H and O–H groups in total. The Labute approximate surface area is 174 Å². The lowest BCUT2D eigenvalue weighted by atomic mass is 9.96. The van der Waals surface area contributed by atoms with Crippen molar-refractivity contribution in [2.45, 2.75) is 31.3 Å². The van der Waals surface area contributed by atoms with Crippen LogP contribution in [0, 0.1) is 5.92 Å². The lowest BCUT2D eigenvalue weighted by molar-refractivity contribution is -0.123. The molecule has 0 unspecified atom stereocenters. The van der Waals surface area contributed by atoms with Crippen LogP contribution in [0.1, 0.15) is 45.8 Å². The van der Waals surface area contributed by atoms with Crippen LogP contribution >= 0.6 is 22.7 Å². The predicted molar refractivity (Wildman–Crippen MR) is 116 cm³/mol. The molecule has 3 heterocycles. The van der Waals surface area contributed by atoms with Gasteiger partial charge >= 0.3 is 0 Å². The molecule has 2 aliphatic rings. The maximum Gasteiger partial charge on any atom is 0.234 e. The molecule has 1 amide bonds. The first kappa shape index (κ1) is 18.1. The summed E-state index contributed by atoms with van der Waals surface area (Å²) in [6, 6.07) is 17.1. The van der Waals surface area contributed by atoms with E-state index in [1.165, 1.54) is 28.2 Å². The standard InChI is InChI=1S/C23H24N2OS2/c26-21(24-22(20-7-4-13-27-20)16-5-2-1-3-6-16)15-25-12-10-19-18(11-14-28-19)23(25)17-8-9-17/h1-7,11,13-14,17,22-23H,8-10,12,15H2,(H,24,26)/t22-,23-/m0/s1. The zero-order valence-corrected chi connectivity index (χ0v) is 17.3. The molecule has 144 valence electrons. The highest BCUT2D eigenvalue weighted by atomic mass is 32.1. The second-order valence-electron chi connectivity index (χ2n) is 7.73. The summed E-state index contributed by atoms with van der Waals surface area (Å²) >= 11 is 3.57. The minimum absolute atomic E-state index is 0.0745. The Morgan fingerprint density at radius 3 is 2.68 bits per heavy atom. The number of amides is 1. The molecule has 0 bridgehead atoms. The lowest BCUT2D eigenvalue weighted by Gasteiger charge is -2.36. The fourth-order valence-electron chi connectivity index (χ4n) is 4.35. The first-order valence-corrected chi connectivity index (χ1v) is 11.7. The van der Waals surface area contributed by atoms with Crippen molar-refractivity contribution in [1.82, 2.24) is 10.2 Å². The summed E-state index contributed by atoms with van der Waals surface area (Å²) in [7, 11) is 0. The molecule has 1 saturated carbocycles. The van der Waals surface area contributed by atoms with Gasteiger partial charge in [-0.05, 0) is 59.2 Å². The molecule has 0 spiro atoms. The van der Waals surface area contributed by atoms with E-state index >= 15 is 0 Å². The second-order valence-corrected chi connectivity index (χ2v) is 9.71. The van der Waals surface area contributed by atoms with Gasteiger partial charge in [-0.3, -0.25) is 9.69 Å². The Bertz CT molecular complexity index is 931. The minimum atomic E-state index is -0.0745. The molecule has 1 aromatic carbocycles. The van der Waals surface area contributed by atoms with Crippen molar-refractivity contribution in [3.8, 4) is 0 Å². The van der Waals surface area contributed by atoms with Gasteiger partial charge in [0.05, 0.1) is 12.6 Å². The number of carbonyl (C=O) groups excluding carboxylic acids is 1. The molecule has 28 heavy (non-hydrogen) atoms. The topological polar surface area (TPSA) is 32.3 Å². The van der Waals surface area contributed by atoms with Crippen LogP contribution in [0.3, 0.4) is 0 Å². The predicted octanol–water partition coefficient (Wildman–Crippen LogP) is 5.02. The fourth-order valence-corrected chi connectivity index (χ4v) is 6.07. The van der Waals surface area contributed by atoms with E-state index in [0.29, 0.717) is 12.6 Å². The van der Waals surface area contributed by atoms with Crippen LogP contribution in [0.25, 0.3) is 0 Å². The molecule has 1 aliphatic carbocycles. The summed E-state index contributed by atoms with van der Waals surface area (Å²) in [6.45, 7) is 1.46. The van der Waals surface area contributed by atoms with Crippen LogP contribution in [0.4, 0.5) is 0 Å². The normalized spacial score (nSPS) is 20.5. The molecule has 3 aromatic rings. The van der Waals surface area contributed by atoms with Gasteiger partial charge in [-0.1, -0.05) is 36.4 Å². The summed E-state index contributed by atoms with van der Waals surface area (Å²) in [6.07, 6.45) is 3.65. The number of rotatable bonds is 6. The maximum absolute atomic E-state index is 13.1. The first-order chi connectivity index (χ1) is 13.8. The number of nitrogens with zero attached hydrogens (tertiary/aromatic N) is 1. The van der Waals surface area contributed by atoms with E-state index in [-0.39, 0.29) is 11.9 Å². The molecule has 0 radical (unpaired) electrons. The molecule has 5 rings (SSSR count). The van der Waals surface area contributed by atoms with Crippen molar-refractivity contribution in [1.29, 1.82) is 0 Å². The monoisotopic (exact) mass is 408 g/mol. The number of hydrogen-bond donors (Lipinski definition) is 1. The van der Waals surface area contributed by atoms with Crippen molar-refractivity contribution in [3.63, 3.8) is 0 Å². The van der Waals surface area contributed by atoms with E-state index in [4.69, 9.17) is 0 Å². The molecule has 2 aromatic heterocycles. The van der Waals surface area contributed by atoms with E-state index in [2.05, 4.69) is 45.2 Å². The number of hydrogen-bond acceptors (Lipinski definition) is 4. The Morgan fingerprint density at radius 2 is 1.93 bits per heavy atom. The minimum Gasteiger partial charge on any atom is -0.343 e. The molecule has 0 saturated heterocycles. The van der Waals surface area contributed by atoms with E-state index in [9.17, 15) is 4.79 Å². The number of fused-ring (bicyclic) bond motifs is 1. The van der Waals surface area contributed by atoms with Crippen LogP contribution < -0.4 is 5.32 Å². The highest BCUT2D eigenvalue weighted by Crippen LogP contribution is 2.48. The van der Waals surface area contributed by atoms with Gasteiger partial charge in [-0.15, -0.1) is 22.7 Å². The largest absolute Gasteiger partial charge is 0.343 e. The highest BCUT2D eigenvalue weighted by Gasteiger charge is 2.40. The van der Waals surface area contributed by atoms with Crippen LogP contribution in [0.2, 0.25) is 0 Å². The number of thiophene rings is 2. The van der Waals surface area contributed by atoms with Gasteiger partial charge in [0.1, 0.15) is 0 Å². The number of carbonyl (C=O) groups is 1. The van der Waals surface area contributed by atoms with Crippen molar-refractivity contribution in [3.05, 3.63) is 80.2 Å². The average Bonchev–Trinajstić information content (AvgIpc) is 3.19.